The van der Waals surface area contributed by atoms with Crippen molar-refractivity contribution in [2.75, 3.05) is 33.2 Å². The number of hydrogen-bond donors (Lipinski definition) is 0. The van der Waals surface area contributed by atoms with Crippen LogP contribution in [0.2, 0.25) is 0 Å². The second-order valence-corrected chi connectivity index (χ2v) is 4.77. The molecule has 124 valence electrons. The van der Waals surface area contributed by atoms with Crippen molar-refractivity contribution in [3.05, 3.63) is 0 Å². The van der Waals surface area contributed by atoms with E-state index in [9.17, 15) is 4.79 Å². The minimum Gasteiger partial charge on any atom is -0.444 e. The predicted octanol–water partition coefficient (Wildman–Crippen LogP) is 4.25. The summed E-state index contributed by atoms with van der Waals surface area (Å²) in [4.78, 5) is 15.6. The zero-order chi connectivity index (χ0) is 16.8. The van der Waals surface area contributed by atoms with Gasteiger partial charge in [0.1, 0.15) is 5.60 Å². The van der Waals surface area contributed by atoms with Crippen LogP contribution in [-0.4, -0.2) is 54.7 Å². The molecule has 0 aliphatic carbocycles. The van der Waals surface area contributed by atoms with E-state index in [2.05, 4.69) is 11.9 Å². The van der Waals surface area contributed by atoms with Gasteiger partial charge < -0.3 is 14.5 Å². The molecule has 0 spiro atoms. The average Bonchev–Trinajstić information content (AvgIpc) is 2.44. The first-order valence-corrected chi connectivity index (χ1v) is 8.05. The monoisotopic (exact) mass is 290 g/mol. The fraction of sp³-hybridized carbons (Fsp3) is 0.938. The minimum absolute atomic E-state index is 0.189. The van der Waals surface area contributed by atoms with E-state index in [1.807, 2.05) is 62.3 Å². The molecule has 4 nitrogen and oxygen atoms in total. The number of rotatable bonds is 0. The molecule has 4 heteroatoms. The lowest BCUT2D eigenvalue weighted by Gasteiger charge is -2.33. The number of nitrogens with zero attached hydrogens (tertiary/aromatic N) is 2. The van der Waals surface area contributed by atoms with E-state index in [1.54, 1.807) is 4.90 Å². The van der Waals surface area contributed by atoms with Crippen LogP contribution in [0, 0.1) is 0 Å². The van der Waals surface area contributed by atoms with Crippen molar-refractivity contribution < 1.29 is 9.53 Å². The molecule has 1 rings (SSSR count). The second-order valence-electron chi connectivity index (χ2n) is 4.77. The van der Waals surface area contributed by atoms with Gasteiger partial charge in [-0.2, -0.15) is 0 Å². The highest BCUT2D eigenvalue weighted by atomic mass is 16.6. The maximum Gasteiger partial charge on any atom is 0.410 e. The molecular weight excluding hydrogens is 252 g/mol. The maximum absolute atomic E-state index is 11.6. The number of carbonyl (C=O) groups excluding carboxylic acids is 1. The number of amides is 1. The van der Waals surface area contributed by atoms with E-state index in [1.165, 1.54) is 0 Å². The molecule has 1 amide bonds. The molecular formula is C16H38N2O2. The van der Waals surface area contributed by atoms with Crippen molar-refractivity contribution in [3.8, 4) is 0 Å². The van der Waals surface area contributed by atoms with Crippen molar-refractivity contribution in [3.63, 3.8) is 0 Å². The summed E-state index contributed by atoms with van der Waals surface area (Å²) < 4.78 is 5.28. The van der Waals surface area contributed by atoms with Crippen LogP contribution >= 0.6 is 0 Å². The van der Waals surface area contributed by atoms with Gasteiger partial charge in [0, 0.05) is 26.2 Å². The normalized spacial score (nSPS) is 14.6. The standard InChI is InChI=1S/C10H20N2O2.3C2H6/c1-10(2,3)14-9(13)12-7-5-11(4)6-8-12;3*1-2/h5-8H2,1-4H3;3*1-2H3. The van der Waals surface area contributed by atoms with Gasteiger partial charge in [0.25, 0.3) is 0 Å². The Morgan fingerprint density at radius 3 is 1.50 bits per heavy atom. The van der Waals surface area contributed by atoms with Gasteiger partial charge in [-0.15, -0.1) is 0 Å². The van der Waals surface area contributed by atoms with Crippen LogP contribution in [0.25, 0.3) is 0 Å². The fourth-order valence-electron chi connectivity index (χ4n) is 1.32. The maximum atomic E-state index is 11.6. The van der Waals surface area contributed by atoms with Crippen molar-refractivity contribution in [1.82, 2.24) is 9.80 Å². The summed E-state index contributed by atoms with van der Waals surface area (Å²) in [6, 6.07) is 0. The lowest BCUT2D eigenvalue weighted by Crippen LogP contribution is -2.48. The Hall–Kier alpha value is -0.770. The molecule has 0 bridgehead atoms. The predicted molar refractivity (Wildman–Crippen MR) is 89.3 cm³/mol. The van der Waals surface area contributed by atoms with Crippen LogP contribution in [-0.2, 0) is 4.74 Å². The van der Waals surface area contributed by atoms with Crippen LogP contribution in [0.15, 0.2) is 0 Å². The molecule has 1 aliphatic heterocycles. The van der Waals surface area contributed by atoms with E-state index in [0.29, 0.717) is 0 Å². The Bertz CT molecular complexity index is 205. The van der Waals surface area contributed by atoms with Gasteiger partial charge in [-0.25, -0.2) is 4.79 Å². The van der Waals surface area contributed by atoms with E-state index < -0.39 is 0 Å². The van der Waals surface area contributed by atoms with Crippen molar-refractivity contribution in [1.29, 1.82) is 0 Å². The number of ether oxygens (including phenoxy) is 1. The molecule has 1 aliphatic rings. The summed E-state index contributed by atoms with van der Waals surface area (Å²) in [5.41, 5.74) is -0.388. The molecule has 0 radical (unpaired) electrons. The average molecular weight is 290 g/mol. The highest BCUT2D eigenvalue weighted by Crippen LogP contribution is 2.11. The molecule has 1 fully saturated rings. The second kappa shape index (κ2) is 14.6. The van der Waals surface area contributed by atoms with Gasteiger partial charge in [0.2, 0.25) is 0 Å². The summed E-state index contributed by atoms with van der Waals surface area (Å²) in [7, 11) is 2.06. The van der Waals surface area contributed by atoms with Crippen molar-refractivity contribution >= 4 is 6.09 Å². The van der Waals surface area contributed by atoms with Gasteiger partial charge in [0.15, 0.2) is 0 Å². The zero-order valence-corrected chi connectivity index (χ0v) is 15.5. The lowest BCUT2D eigenvalue weighted by molar-refractivity contribution is 0.0164. The van der Waals surface area contributed by atoms with E-state index in [0.717, 1.165) is 26.2 Å². The quantitative estimate of drug-likeness (QED) is 0.668. The SMILES string of the molecule is CC.CC.CC.CN1CCN(C(=O)OC(C)(C)C)CC1. The van der Waals surface area contributed by atoms with Gasteiger partial charge in [0.05, 0.1) is 0 Å². The van der Waals surface area contributed by atoms with E-state index in [-0.39, 0.29) is 11.7 Å². The van der Waals surface area contributed by atoms with Crippen molar-refractivity contribution in [2.24, 2.45) is 0 Å². The molecule has 20 heavy (non-hydrogen) atoms. The lowest BCUT2D eigenvalue weighted by atomic mass is 10.2. The zero-order valence-electron chi connectivity index (χ0n) is 15.5. The molecule has 0 N–H and O–H groups in total. The summed E-state index contributed by atoms with van der Waals surface area (Å²) in [5.74, 6) is 0. The van der Waals surface area contributed by atoms with Crippen LogP contribution in [0.1, 0.15) is 62.3 Å². The molecule has 1 saturated heterocycles. The summed E-state index contributed by atoms with van der Waals surface area (Å²) in [6.45, 7) is 21.1. The van der Waals surface area contributed by atoms with Gasteiger partial charge in [-0.1, -0.05) is 41.5 Å². The smallest absolute Gasteiger partial charge is 0.410 e. The first kappa shape index (κ1) is 24.3. The van der Waals surface area contributed by atoms with Gasteiger partial charge >= 0.3 is 6.09 Å². The third-order valence-corrected chi connectivity index (χ3v) is 2.15. The van der Waals surface area contributed by atoms with Crippen LogP contribution in [0.4, 0.5) is 4.79 Å². The topological polar surface area (TPSA) is 32.8 Å². The summed E-state index contributed by atoms with van der Waals surface area (Å²) in [6.07, 6.45) is -0.189. The summed E-state index contributed by atoms with van der Waals surface area (Å²) in [5, 5.41) is 0. The summed E-state index contributed by atoms with van der Waals surface area (Å²) >= 11 is 0. The van der Waals surface area contributed by atoms with Crippen LogP contribution in [0.5, 0.6) is 0 Å². The Morgan fingerprint density at radius 2 is 1.20 bits per heavy atom. The van der Waals surface area contributed by atoms with Gasteiger partial charge in [-0.3, -0.25) is 0 Å². The van der Waals surface area contributed by atoms with Crippen LogP contribution < -0.4 is 0 Å². The molecule has 1 heterocycles. The van der Waals surface area contributed by atoms with Gasteiger partial charge in [-0.05, 0) is 27.8 Å². The van der Waals surface area contributed by atoms with Crippen molar-refractivity contribution in [2.45, 2.75) is 67.9 Å². The number of hydrogen-bond acceptors (Lipinski definition) is 3. The van der Waals surface area contributed by atoms with E-state index in [4.69, 9.17) is 4.74 Å². The first-order valence-electron chi connectivity index (χ1n) is 8.05. The Kier molecular flexibility index (Phi) is 17.8. The highest BCUT2D eigenvalue weighted by Gasteiger charge is 2.24. The highest BCUT2D eigenvalue weighted by molar-refractivity contribution is 5.68. The Labute approximate surface area is 127 Å². The Balaban J connectivity index is -0.000000425. The number of carbonyl (C=O) groups is 1. The number of piperazine rings is 1. The largest absolute Gasteiger partial charge is 0.444 e. The molecule has 0 aromatic heterocycles. The third-order valence-electron chi connectivity index (χ3n) is 2.15. The minimum atomic E-state index is -0.388. The first-order chi connectivity index (χ1) is 9.38. The fourth-order valence-corrected chi connectivity index (χ4v) is 1.32. The third kappa shape index (κ3) is 13.7. The molecule has 0 saturated carbocycles. The Morgan fingerprint density at radius 1 is 0.850 bits per heavy atom. The molecule has 0 aromatic rings. The van der Waals surface area contributed by atoms with Crippen LogP contribution in [0.3, 0.4) is 0 Å². The molecule has 0 atom stereocenters. The number of likely N-dealkylation sites (N-methyl/N-ethyl adjacent to an activating group) is 1. The van der Waals surface area contributed by atoms with E-state index >= 15 is 0 Å². The molecule has 0 unspecified atom stereocenters. The molecule has 0 aromatic carbocycles.